The smallest absolute Gasteiger partial charge is 0.418 e. The number of halogens is 3. The second kappa shape index (κ2) is 7.99. The number of nitrogens with one attached hydrogen (secondary N) is 1. The van der Waals surface area contributed by atoms with Gasteiger partial charge in [0.25, 0.3) is 5.91 Å². The molecule has 1 aromatic heterocycles. The molecule has 1 aromatic carbocycles. The van der Waals surface area contributed by atoms with Crippen molar-refractivity contribution >= 4 is 11.9 Å². The monoisotopic (exact) mass is 366 g/mol. The molecule has 0 aliphatic carbocycles. The van der Waals surface area contributed by atoms with E-state index < -0.39 is 35.2 Å². The molecule has 1 heterocycles. The number of aliphatic carboxylic acids is 1. The number of carbonyl (C=O) groups excluding carboxylic acids is 1. The number of nitrogens with zero attached hydrogens (tertiary/aromatic N) is 1. The Morgan fingerprint density at radius 1 is 1.23 bits per heavy atom. The molecule has 138 valence electrons. The number of rotatable bonds is 6. The topological polar surface area (TPSA) is 79.3 Å². The lowest BCUT2D eigenvalue weighted by molar-refractivity contribution is -0.141. The number of hydrogen-bond acceptors (Lipinski definition) is 3. The van der Waals surface area contributed by atoms with Crippen molar-refractivity contribution in [2.24, 2.45) is 5.92 Å². The van der Waals surface area contributed by atoms with E-state index in [4.69, 9.17) is 0 Å². The largest absolute Gasteiger partial charge is 0.481 e. The molecule has 8 heteroatoms. The van der Waals surface area contributed by atoms with Gasteiger partial charge >= 0.3 is 12.1 Å². The molecule has 0 spiro atoms. The van der Waals surface area contributed by atoms with E-state index in [2.05, 4.69) is 10.3 Å². The lowest BCUT2D eigenvalue weighted by atomic mass is 9.98. The standard InChI is InChI=1S/C18H17F3N2O3/c1-11-4-2-5-12(8-11)9-13(17(25)26)10-23-16(24)15-14(18(19,20)21)6-3-7-22-15/h2-8,13H,9-10H2,1H3,(H,23,24)(H,25,26). The van der Waals surface area contributed by atoms with Crippen LogP contribution < -0.4 is 5.32 Å². The van der Waals surface area contributed by atoms with E-state index in [0.29, 0.717) is 0 Å². The number of benzene rings is 1. The first-order valence-electron chi connectivity index (χ1n) is 7.77. The number of amides is 1. The van der Waals surface area contributed by atoms with Gasteiger partial charge in [-0.15, -0.1) is 0 Å². The van der Waals surface area contributed by atoms with Crippen molar-refractivity contribution in [1.82, 2.24) is 10.3 Å². The zero-order valence-corrected chi connectivity index (χ0v) is 13.9. The summed E-state index contributed by atoms with van der Waals surface area (Å²) in [7, 11) is 0. The second-order valence-corrected chi connectivity index (χ2v) is 5.84. The van der Waals surface area contributed by atoms with Gasteiger partial charge in [-0.25, -0.2) is 0 Å². The van der Waals surface area contributed by atoms with Gasteiger partial charge in [0.15, 0.2) is 0 Å². The van der Waals surface area contributed by atoms with Crippen LogP contribution in [0.15, 0.2) is 42.6 Å². The summed E-state index contributed by atoms with van der Waals surface area (Å²) in [5.74, 6) is -3.18. The fraction of sp³-hybridized carbons (Fsp3) is 0.278. The summed E-state index contributed by atoms with van der Waals surface area (Å²) in [6.45, 7) is 1.55. The molecule has 0 aliphatic rings. The summed E-state index contributed by atoms with van der Waals surface area (Å²) in [6, 6.07) is 9.05. The minimum Gasteiger partial charge on any atom is -0.481 e. The van der Waals surface area contributed by atoms with E-state index in [0.717, 1.165) is 29.5 Å². The van der Waals surface area contributed by atoms with Crippen LogP contribution in [-0.4, -0.2) is 28.5 Å². The van der Waals surface area contributed by atoms with Gasteiger partial charge in [-0.05, 0) is 31.0 Å². The first-order chi connectivity index (χ1) is 12.2. The van der Waals surface area contributed by atoms with Gasteiger partial charge in [-0.2, -0.15) is 13.2 Å². The average Bonchev–Trinajstić information content (AvgIpc) is 2.57. The van der Waals surface area contributed by atoms with Crippen molar-refractivity contribution in [3.05, 3.63) is 65.0 Å². The van der Waals surface area contributed by atoms with Gasteiger partial charge in [0.1, 0.15) is 5.69 Å². The van der Waals surface area contributed by atoms with E-state index in [1.54, 1.807) is 12.1 Å². The zero-order valence-electron chi connectivity index (χ0n) is 13.9. The van der Waals surface area contributed by atoms with Gasteiger partial charge < -0.3 is 10.4 Å². The lowest BCUT2D eigenvalue weighted by Crippen LogP contribution is -2.35. The Morgan fingerprint density at radius 2 is 1.96 bits per heavy atom. The SMILES string of the molecule is Cc1cccc(CC(CNC(=O)c2ncccc2C(F)(F)F)C(=O)O)c1. The van der Waals surface area contributed by atoms with E-state index in [-0.39, 0.29) is 13.0 Å². The van der Waals surface area contributed by atoms with Crippen molar-refractivity contribution in [2.45, 2.75) is 19.5 Å². The molecule has 1 atom stereocenters. The summed E-state index contributed by atoms with van der Waals surface area (Å²) in [4.78, 5) is 27.0. The highest BCUT2D eigenvalue weighted by atomic mass is 19.4. The van der Waals surface area contributed by atoms with E-state index in [1.165, 1.54) is 0 Å². The summed E-state index contributed by atoms with van der Waals surface area (Å²) in [6.07, 6.45) is -3.51. The number of carboxylic acid groups (broad SMARTS) is 1. The fourth-order valence-corrected chi connectivity index (χ4v) is 2.49. The van der Waals surface area contributed by atoms with Crippen LogP contribution in [0.1, 0.15) is 27.2 Å². The van der Waals surface area contributed by atoms with Crippen molar-refractivity contribution in [3.63, 3.8) is 0 Å². The number of hydrogen-bond donors (Lipinski definition) is 2. The second-order valence-electron chi connectivity index (χ2n) is 5.84. The number of carboxylic acids is 1. The van der Waals surface area contributed by atoms with Crippen LogP contribution in [0.5, 0.6) is 0 Å². The third kappa shape index (κ3) is 5.05. The molecule has 0 bridgehead atoms. The summed E-state index contributed by atoms with van der Waals surface area (Å²) >= 11 is 0. The number of aromatic nitrogens is 1. The van der Waals surface area contributed by atoms with Crippen molar-refractivity contribution in [3.8, 4) is 0 Å². The molecule has 0 saturated carbocycles. The molecule has 0 aliphatic heterocycles. The van der Waals surface area contributed by atoms with Crippen LogP contribution in [0, 0.1) is 12.8 Å². The molecule has 1 unspecified atom stereocenters. The molecule has 2 aromatic rings. The first kappa shape index (κ1) is 19.4. The summed E-state index contributed by atoms with van der Waals surface area (Å²) < 4.78 is 38.8. The molecular formula is C18H17F3N2O3. The highest BCUT2D eigenvalue weighted by Crippen LogP contribution is 2.30. The molecule has 2 N–H and O–H groups in total. The third-order valence-electron chi connectivity index (χ3n) is 3.75. The number of carbonyl (C=O) groups is 2. The van der Waals surface area contributed by atoms with Crippen LogP contribution in [0.2, 0.25) is 0 Å². The predicted molar refractivity (Wildman–Crippen MR) is 87.6 cm³/mol. The highest BCUT2D eigenvalue weighted by Gasteiger charge is 2.36. The van der Waals surface area contributed by atoms with Crippen molar-refractivity contribution < 1.29 is 27.9 Å². The molecule has 0 fully saturated rings. The molecule has 2 rings (SSSR count). The molecule has 1 amide bonds. The average molecular weight is 366 g/mol. The van der Waals surface area contributed by atoms with Gasteiger partial charge in [-0.3, -0.25) is 14.6 Å². The van der Waals surface area contributed by atoms with Crippen LogP contribution >= 0.6 is 0 Å². The van der Waals surface area contributed by atoms with Crippen LogP contribution in [-0.2, 0) is 17.4 Å². The molecule has 0 radical (unpaired) electrons. The summed E-state index contributed by atoms with van der Waals surface area (Å²) in [5, 5.41) is 11.6. The Hall–Kier alpha value is -2.90. The minimum atomic E-state index is -4.73. The third-order valence-corrected chi connectivity index (χ3v) is 3.75. The van der Waals surface area contributed by atoms with Crippen LogP contribution in [0.3, 0.4) is 0 Å². The van der Waals surface area contributed by atoms with Crippen molar-refractivity contribution in [1.29, 1.82) is 0 Å². The van der Waals surface area contributed by atoms with Crippen LogP contribution in [0.25, 0.3) is 0 Å². The number of alkyl halides is 3. The molecule has 0 saturated heterocycles. The first-order valence-corrected chi connectivity index (χ1v) is 7.77. The Labute approximate surface area is 147 Å². The van der Waals surface area contributed by atoms with E-state index in [1.807, 2.05) is 19.1 Å². The Kier molecular flexibility index (Phi) is 5.97. The van der Waals surface area contributed by atoms with Crippen LogP contribution in [0.4, 0.5) is 13.2 Å². The maximum absolute atomic E-state index is 12.9. The van der Waals surface area contributed by atoms with Crippen molar-refractivity contribution in [2.75, 3.05) is 6.54 Å². The van der Waals surface area contributed by atoms with Gasteiger partial charge in [0, 0.05) is 12.7 Å². The molecule has 26 heavy (non-hydrogen) atoms. The lowest BCUT2D eigenvalue weighted by Gasteiger charge is -2.15. The Balaban J connectivity index is 2.10. The Bertz CT molecular complexity index is 806. The van der Waals surface area contributed by atoms with E-state index >= 15 is 0 Å². The minimum absolute atomic E-state index is 0.144. The maximum Gasteiger partial charge on any atom is 0.418 e. The fourth-order valence-electron chi connectivity index (χ4n) is 2.49. The predicted octanol–water partition coefficient (Wildman–Crippen LogP) is 3.08. The normalized spacial score (nSPS) is 12.5. The van der Waals surface area contributed by atoms with Gasteiger partial charge in [0.05, 0.1) is 11.5 Å². The van der Waals surface area contributed by atoms with E-state index in [9.17, 15) is 27.9 Å². The Morgan fingerprint density at radius 3 is 2.58 bits per heavy atom. The van der Waals surface area contributed by atoms with Gasteiger partial charge in [-0.1, -0.05) is 29.8 Å². The van der Waals surface area contributed by atoms with Gasteiger partial charge in [0.2, 0.25) is 0 Å². The molecule has 5 nitrogen and oxygen atoms in total. The number of aryl methyl sites for hydroxylation is 1. The quantitative estimate of drug-likeness (QED) is 0.824. The summed E-state index contributed by atoms with van der Waals surface area (Å²) in [5.41, 5.74) is -0.220. The maximum atomic E-state index is 12.9. The zero-order chi connectivity index (χ0) is 19.3. The highest BCUT2D eigenvalue weighted by molar-refractivity contribution is 5.94. The number of pyridine rings is 1. The molecular weight excluding hydrogens is 349 g/mol.